The number of benzene rings is 2. The number of fused-ring (bicyclic) bond motifs is 1. The smallest absolute Gasteiger partial charge is 0.276 e. The van der Waals surface area contributed by atoms with Crippen molar-refractivity contribution in [2.75, 3.05) is 31.0 Å². The van der Waals surface area contributed by atoms with Crippen LogP contribution in [0.1, 0.15) is 13.8 Å². The van der Waals surface area contributed by atoms with Crippen molar-refractivity contribution in [1.82, 2.24) is 10.3 Å². The molecule has 0 bridgehead atoms. The lowest BCUT2D eigenvalue weighted by molar-refractivity contribution is -0.122. The summed E-state index contributed by atoms with van der Waals surface area (Å²) in [6, 6.07) is 12.5. The zero-order valence-corrected chi connectivity index (χ0v) is 20.7. The van der Waals surface area contributed by atoms with Crippen molar-refractivity contribution in [1.29, 1.82) is 0 Å². The Morgan fingerprint density at radius 1 is 1.11 bits per heavy atom. The Morgan fingerprint density at radius 2 is 1.80 bits per heavy atom. The van der Waals surface area contributed by atoms with Crippen molar-refractivity contribution >= 4 is 40.1 Å². The standard InChI is InChI=1S/C24H27N5O5S/c1-5-34-18-8-6-17(7-9-18)28-10-11-29-21(23(28)31)26-27-24(29)35-15(2)22(30)25-16-12-19(32-3)14-20(13-16)33-4/h6-15,21,26H,5H2,1-4H3,(H,25,30). The van der Waals surface area contributed by atoms with Gasteiger partial charge in [0.15, 0.2) is 5.17 Å². The first-order chi connectivity index (χ1) is 16.9. The van der Waals surface area contributed by atoms with E-state index in [-0.39, 0.29) is 11.8 Å². The van der Waals surface area contributed by atoms with Gasteiger partial charge >= 0.3 is 0 Å². The Morgan fingerprint density at radius 3 is 2.43 bits per heavy atom. The molecule has 184 valence electrons. The molecule has 2 unspecified atom stereocenters. The number of carbonyl (C=O) groups is 2. The molecule has 2 heterocycles. The summed E-state index contributed by atoms with van der Waals surface area (Å²) in [5, 5.41) is 7.21. The number of nitrogens with one attached hydrogen (secondary N) is 2. The third-order valence-corrected chi connectivity index (χ3v) is 6.41. The number of hydrogen-bond acceptors (Lipinski definition) is 9. The molecule has 2 aliphatic rings. The summed E-state index contributed by atoms with van der Waals surface area (Å²) in [6.07, 6.45) is 2.77. The van der Waals surface area contributed by atoms with Gasteiger partial charge in [-0.25, -0.2) is 0 Å². The number of thioether (sulfide) groups is 1. The van der Waals surface area contributed by atoms with Crippen LogP contribution in [0.5, 0.6) is 17.2 Å². The zero-order valence-electron chi connectivity index (χ0n) is 19.8. The minimum atomic E-state index is -0.688. The van der Waals surface area contributed by atoms with Crippen LogP contribution in [-0.2, 0) is 9.59 Å². The molecule has 2 N–H and O–H groups in total. The fraction of sp³-hybridized carbons (Fsp3) is 0.292. The number of nitrogens with zero attached hydrogens (tertiary/aromatic N) is 3. The Balaban J connectivity index is 1.40. The van der Waals surface area contributed by atoms with E-state index in [4.69, 9.17) is 14.2 Å². The summed E-state index contributed by atoms with van der Waals surface area (Å²) in [5.41, 5.74) is 4.15. The van der Waals surface area contributed by atoms with E-state index in [1.807, 2.05) is 31.2 Å². The number of amides is 2. The lowest BCUT2D eigenvalue weighted by Gasteiger charge is -2.32. The van der Waals surface area contributed by atoms with E-state index in [2.05, 4.69) is 15.8 Å². The highest BCUT2D eigenvalue weighted by Crippen LogP contribution is 2.30. The van der Waals surface area contributed by atoms with Gasteiger partial charge in [-0.2, -0.15) is 5.10 Å². The average Bonchev–Trinajstić information content (AvgIpc) is 3.28. The molecule has 10 nitrogen and oxygen atoms in total. The summed E-state index contributed by atoms with van der Waals surface area (Å²) in [5.74, 6) is 1.48. The molecular formula is C24H27N5O5S. The number of hydrogen-bond donors (Lipinski definition) is 2. The molecule has 35 heavy (non-hydrogen) atoms. The predicted molar refractivity (Wildman–Crippen MR) is 136 cm³/mol. The Kier molecular flexibility index (Phi) is 7.35. The highest BCUT2D eigenvalue weighted by molar-refractivity contribution is 8.14. The fourth-order valence-corrected chi connectivity index (χ4v) is 4.40. The first kappa shape index (κ1) is 24.3. The lowest BCUT2D eigenvalue weighted by Crippen LogP contribution is -2.52. The fourth-order valence-electron chi connectivity index (χ4n) is 3.52. The first-order valence-corrected chi connectivity index (χ1v) is 11.9. The van der Waals surface area contributed by atoms with Crippen LogP contribution in [0.25, 0.3) is 0 Å². The van der Waals surface area contributed by atoms with E-state index < -0.39 is 11.4 Å². The molecule has 2 atom stereocenters. The first-order valence-electron chi connectivity index (χ1n) is 11.0. The second-order valence-corrected chi connectivity index (χ2v) is 8.93. The van der Waals surface area contributed by atoms with E-state index in [0.29, 0.717) is 29.0 Å². The number of amidine groups is 1. The summed E-state index contributed by atoms with van der Waals surface area (Å²) >= 11 is 1.25. The molecule has 0 radical (unpaired) electrons. The molecular weight excluding hydrogens is 470 g/mol. The van der Waals surface area contributed by atoms with Crippen LogP contribution in [-0.4, -0.2) is 54.1 Å². The van der Waals surface area contributed by atoms with Gasteiger partial charge in [0.2, 0.25) is 12.1 Å². The van der Waals surface area contributed by atoms with Gasteiger partial charge < -0.3 is 19.5 Å². The highest BCUT2D eigenvalue weighted by Gasteiger charge is 2.39. The van der Waals surface area contributed by atoms with Crippen LogP contribution < -0.4 is 29.9 Å². The van der Waals surface area contributed by atoms with Crippen molar-refractivity contribution in [2.45, 2.75) is 25.3 Å². The van der Waals surface area contributed by atoms with Crippen molar-refractivity contribution in [3.63, 3.8) is 0 Å². The van der Waals surface area contributed by atoms with Crippen LogP contribution in [0.15, 0.2) is 60.0 Å². The Bertz CT molecular complexity index is 1130. The molecule has 0 saturated carbocycles. The Labute approximate surface area is 207 Å². The molecule has 0 aromatic heterocycles. The SMILES string of the molecule is CCOc1ccc(N2C=CN3C(SC(C)C(=O)Nc4cc(OC)cc(OC)c4)=NNC3C2=O)cc1. The zero-order chi connectivity index (χ0) is 24.9. The Hall–Kier alpha value is -3.86. The number of hydrazone groups is 1. The largest absolute Gasteiger partial charge is 0.497 e. The molecule has 0 saturated heterocycles. The monoisotopic (exact) mass is 497 g/mol. The summed E-state index contributed by atoms with van der Waals surface area (Å²) in [7, 11) is 3.09. The van der Waals surface area contributed by atoms with Gasteiger partial charge in [0.25, 0.3) is 5.91 Å². The highest BCUT2D eigenvalue weighted by atomic mass is 32.2. The summed E-state index contributed by atoms with van der Waals surface area (Å²) in [6.45, 7) is 4.26. The van der Waals surface area contributed by atoms with Crippen LogP contribution in [0.2, 0.25) is 0 Å². The third kappa shape index (κ3) is 5.29. The summed E-state index contributed by atoms with van der Waals surface area (Å²) in [4.78, 5) is 29.2. The molecule has 4 rings (SSSR count). The number of methoxy groups -OCH3 is 2. The van der Waals surface area contributed by atoms with E-state index in [0.717, 1.165) is 11.4 Å². The van der Waals surface area contributed by atoms with E-state index in [1.54, 1.807) is 61.5 Å². The molecule has 11 heteroatoms. The minimum Gasteiger partial charge on any atom is -0.497 e. The van der Waals surface area contributed by atoms with Crippen LogP contribution in [0.3, 0.4) is 0 Å². The minimum absolute atomic E-state index is 0.184. The normalized spacial score (nSPS) is 17.3. The van der Waals surface area contributed by atoms with Crippen molar-refractivity contribution in [3.8, 4) is 17.2 Å². The van der Waals surface area contributed by atoms with Crippen LogP contribution in [0.4, 0.5) is 11.4 Å². The maximum Gasteiger partial charge on any atom is 0.276 e. The molecule has 0 aliphatic carbocycles. The van der Waals surface area contributed by atoms with Crippen molar-refractivity contribution < 1.29 is 23.8 Å². The van der Waals surface area contributed by atoms with Gasteiger partial charge in [0.1, 0.15) is 17.2 Å². The molecule has 2 amide bonds. The topological polar surface area (TPSA) is 105 Å². The van der Waals surface area contributed by atoms with Crippen LogP contribution >= 0.6 is 11.8 Å². The van der Waals surface area contributed by atoms with E-state index >= 15 is 0 Å². The van der Waals surface area contributed by atoms with Gasteiger partial charge in [-0.15, -0.1) is 0 Å². The second-order valence-electron chi connectivity index (χ2n) is 7.62. The van der Waals surface area contributed by atoms with Gasteiger partial charge in [-0.05, 0) is 38.1 Å². The summed E-state index contributed by atoms with van der Waals surface area (Å²) < 4.78 is 16.0. The second kappa shape index (κ2) is 10.6. The maximum absolute atomic E-state index is 13.1. The van der Waals surface area contributed by atoms with Crippen molar-refractivity contribution in [2.24, 2.45) is 5.10 Å². The van der Waals surface area contributed by atoms with Crippen LogP contribution in [0, 0.1) is 0 Å². The quantitative estimate of drug-likeness (QED) is 0.573. The van der Waals surface area contributed by atoms with Gasteiger partial charge in [0.05, 0.1) is 26.1 Å². The molecule has 2 aromatic carbocycles. The number of ether oxygens (including phenoxy) is 3. The van der Waals surface area contributed by atoms with Gasteiger partial charge in [0, 0.05) is 42.0 Å². The molecule has 2 aliphatic heterocycles. The average molecular weight is 498 g/mol. The number of rotatable bonds is 8. The van der Waals surface area contributed by atoms with Crippen molar-refractivity contribution in [3.05, 3.63) is 54.9 Å². The predicted octanol–water partition coefficient (Wildman–Crippen LogP) is 3.18. The third-order valence-electron chi connectivity index (χ3n) is 5.33. The van der Waals surface area contributed by atoms with E-state index in [9.17, 15) is 9.59 Å². The van der Waals surface area contributed by atoms with Gasteiger partial charge in [-0.3, -0.25) is 24.8 Å². The molecule has 0 spiro atoms. The molecule has 0 fully saturated rings. The maximum atomic E-state index is 13.1. The number of anilines is 2. The number of carbonyl (C=O) groups excluding carboxylic acids is 2. The molecule has 2 aromatic rings. The lowest BCUT2D eigenvalue weighted by atomic mass is 10.2. The van der Waals surface area contributed by atoms with E-state index in [1.165, 1.54) is 11.8 Å². The van der Waals surface area contributed by atoms with Gasteiger partial charge in [-0.1, -0.05) is 11.8 Å².